The number of carbonyl (C=O) groups is 2. The van der Waals surface area contributed by atoms with Crippen LogP contribution >= 0.6 is 0 Å². The minimum Gasteiger partial charge on any atom is -0.495 e. The first-order valence-electron chi connectivity index (χ1n) is 9.22. The molecule has 1 aliphatic heterocycles. The molecule has 0 bridgehead atoms. The fourth-order valence-electron chi connectivity index (χ4n) is 3.22. The lowest BCUT2D eigenvalue weighted by molar-refractivity contribution is -0.131. The van der Waals surface area contributed by atoms with Crippen molar-refractivity contribution in [1.82, 2.24) is 14.9 Å². The number of anilines is 2. The fraction of sp³-hybridized carbons (Fsp3) is 0.400. The number of amides is 2. The lowest BCUT2D eigenvalue weighted by Crippen LogP contribution is -2.52. The molecule has 0 saturated carbocycles. The number of methoxy groups -OCH3 is 1. The number of aromatic nitrogens is 2. The number of rotatable bonds is 5. The number of carbonyl (C=O) groups excluding carboxylic acids is 2. The van der Waals surface area contributed by atoms with Gasteiger partial charge in [-0.25, -0.2) is 9.97 Å². The average molecular weight is 383 g/mol. The lowest BCUT2D eigenvalue weighted by Gasteiger charge is -2.35. The molecule has 1 aromatic carbocycles. The fourth-order valence-corrected chi connectivity index (χ4v) is 3.22. The van der Waals surface area contributed by atoms with E-state index < -0.39 is 0 Å². The Morgan fingerprint density at radius 1 is 1.14 bits per heavy atom. The van der Waals surface area contributed by atoms with Gasteiger partial charge in [-0.2, -0.15) is 0 Å². The van der Waals surface area contributed by atoms with E-state index in [-0.39, 0.29) is 18.4 Å². The van der Waals surface area contributed by atoms with Crippen LogP contribution in [0.15, 0.2) is 36.7 Å². The third-order valence-electron chi connectivity index (χ3n) is 4.77. The van der Waals surface area contributed by atoms with Crippen molar-refractivity contribution in [2.75, 3.05) is 49.6 Å². The highest BCUT2D eigenvalue weighted by atomic mass is 16.5. The molecule has 0 spiro atoms. The summed E-state index contributed by atoms with van der Waals surface area (Å²) in [5, 5.41) is 0. The standard InChI is InChI=1S/C20H25N5O3/c1-15-5-6-18(28-3)17(13-15)25(16(2)26)14-19(27)23-9-11-24(12-10-23)20-21-7-4-8-22-20/h4-8,13H,9-12,14H2,1-3H3. The maximum atomic E-state index is 12.9. The van der Waals surface area contributed by atoms with Gasteiger partial charge in [0.15, 0.2) is 0 Å². The smallest absolute Gasteiger partial charge is 0.242 e. The normalized spacial score (nSPS) is 14.0. The number of ether oxygens (including phenoxy) is 1. The first-order chi connectivity index (χ1) is 13.5. The van der Waals surface area contributed by atoms with Crippen LogP contribution in [0.25, 0.3) is 0 Å². The van der Waals surface area contributed by atoms with Crippen molar-refractivity contribution in [3.05, 3.63) is 42.2 Å². The van der Waals surface area contributed by atoms with Crippen molar-refractivity contribution < 1.29 is 14.3 Å². The molecule has 1 saturated heterocycles. The Labute approximate surface area is 164 Å². The van der Waals surface area contributed by atoms with Crippen molar-refractivity contribution in [3.8, 4) is 5.75 Å². The summed E-state index contributed by atoms with van der Waals surface area (Å²) in [4.78, 5) is 38.9. The highest BCUT2D eigenvalue weighted by Gasteiger charge is 2.26. The van der Waals surface area contributed by atoms with Gasteiger partial charge >= 0.3 is 0 Å². The van der Waals surface area contributed by atoms with Crippen molar-refractivity contribution in [1.29, 1.82) is 0 Å². The molecular formula is C20H25N5O3. The third-order valence-corrected chi connectivity index (χ3v) is 4.77. The van der Waals surface area contributed by atoms with E-state index >= 15 is 0 Å². The van der Waals surface area contributed by atoms with E-state index in [1.807, 2.05) is 25.1 Å². The molecule has 2 amide bonds. The second kappa shape index (κ2) is 8.69. The number of hydrogen-bond acceptors (Lipinski definition) is 6. The van der Waals surface area contributed by atoms with Gasteiger partial charge in [0.05, 0.1) is 12.8 Å². The van der Waals surface area contributed by atoms with Gasteiger partial charge in [-0.15, -0.1) is 0 Å². The minimum atomic E-state index is -0.200. The van der Waals surface area contributed by atoms with Gasteiger partial charge in [-0.05, 0) is 30.7 Å². The molecule has 3 rings (SSSR count). The molecule has 0 unspecified atom stereocenters. The SMILES string of the molecule is COc1ccc(C)cc1N(CC(=O)N1CCN(c2ncccn2)CC1)C(C)=O. The number of nitrogens with zero attached hydrogens (tertiary/aromatic N) is 5. The maximum Gasteiger partial charge on any atom is 0.242 e. The van der Waals surface area contributed by atoms with Crippen LogP contribution in [-0.2, 0) is 9.59 Å². The molecule has 148 valence electrons. The Kier molecular flexibility index (Phi) is 6.08. The molecule has 0 aliphatic carbocycles. The molecule has 2 heterocycles. The first-order valence-corrected chi connectivity index (χ1v) is 9.22. The minimum absolute atomic E-state index is 0.0169. The number of benzene rings is 1. The molecule has 1 aromatic heterocycles. The van der Waals surface area contributed by atoms with Gasteiger partial charge in [0.2, 0.25) is 17.8 Å². The number of piperazine rings is 1. The summed E-state index contributed by atoms with van der Waals surface area (Å²) in [6.45, 7) is 5.82. The van der Waals surface area contributed by atoms with Crippen molar-refractivity contribution in [3.63, 3.8) is 0 Å². The summed E-state index contributed by atoms with van der Waals surface area (Å²) in [6.07, 6.45) is 3.42. The Bertz CT molecular complexity index is 835. The number of hydrogen-bond donors (Lipinski definition) is 0. The zero-order chi connectivity index (χ0) is 20.1. The molecule has 0 N–H and O–H groups in total. The van der Waals surface area contributed by atoms with Crippen molar-refractivity contribution in [2.45, 2.75) is 13.8 Å². The molecule has 0 radical (unpaired) electrons. The second-order valence-corrected chi connectivity index (χ2v) is 6.70. The van der Waals surface area contributed by atoms with Gasteiger partial charge in [-0.1, -0.05) is 6.07 Å². The second-order valence-electron chi connectivity index (χ2n) is 6.70. The summed E-state index contributed by atoms with van der Waals surface area (Å²) in [7, 11) is 1.55. The summed E-state index contributed by atoms with van der Waals surface area (Å²) >= 11 is 0. The monoisotopic (exact) mass is 383 g/mol. The Balaban J connectivity index is 1.67. The van der Waals surface area contributed by atoms with Crippen LogP contribution < -0.4 is 14.5 Å². The molecule has 1 fully saturated rings. The van der Waals surface area contributed by atoms with Crippen LogP contribution in [0.5, 0.6) is 5.75 Å². The van der Waals surface area contributed by atoms with E-state index in [4.69, 9.17) is 4.74 Å². The highest BCUT2D eigenvalue weighted by Crippen LogP contribution is 2.29. The Morgan fingerprint density at radius 3 is 2.43 bits per heavy atom. The maximum absolute atomic E-state index is 12.9. The number of aryl methyl sites for hydroxylation is 1. The van der Waals surface area contributed by atoms with Crippen LogP contribution in [-0.4, -0.2) is 66.5 Å². The summed E-state index contributed by atoms with van der Waals surface area (Å²) in [6, 6.07) is 7.36. The average Bonchev–Trinajstić information content (AvgIpc) is 2.72. The van der Waals surface area contributed by atoms with E-state index in [2.05, 4.69) is 14.9 Å². The zero-order valence-electron chi connectivity index (χ0n) is 16.5. The Morgan fingerprint density at radius 2 is 1.82 bits per heavy atom. The molecule has 1 aliphatic rings. The summed E-state index contributed by atoms with van der Waals surface area (Å²) in [5.74, 6) is 0.949. The van der Waals surface area contributed by atoms with Crippen LogP contribution in [0.1, 0.15) is 12.5 Å². The van der Waals surface area contributed by atoms with Gasteiger partial charge < -0.3 is 14.5 Å². The largest absolute Gasteiger partial charge is 0.495 e. The van der Waals surface area contributed by atoms with Gasteiger partial charge in [-0.3, -0.25) is 14.5 Å². The van der Waals surface area contributed by atoms with Crippen LogP contribution in [0.2, 0.25) is 0 Å². The quantitative estimate of drug-likeness (QED) is 0.779. The van der Waals surface area contributed by atoms with E-state index in [1.165, 1.54) is 11.8 Å². The van der Waals surface area contributed by atoms with E-state index in [0.717, 1.165) is 5.56 Å². The molecule has 0 atom stereocenters. The van der Waals surface area contributed by atoms with E-state index in [0.29, 0.717) is 43.6 Å². The predicted octanol–water partition coefficient (Wildman–Crippen LogP) is 1.50. The molecular weight excluding hydrogens is 358 g/mol. The first kappa shape index (κ1) is 19.6. The molecule has 28 heavy (non-hydrogen) atoms. The van der Waals surface area contributed by atoms with E-state index in [1.54, 1.807) is 30.5 Å². The zero-order valence-corrected chi connectivity index (χ0v) is 16.5. The molecule has 8 nitrogen and oxygen atoms in total. The third kappa shape index (κ3) is 4.39. The van der Waals surface area contributed by atoms with Crippen LogP contribution in [0.3, 0.4) is 0 Å². The topological polar surface area (TPSA) is 78.9 Å². The van der Waals surface area contributed by atoms with Gasteiger partial charge in [0, 0.05) is 45.5 Å². The van der Waals surface area contributed by atoms with Gasteiger partial charge in [0.1, 0.15) is 12.3 Å². The molecule has 2 aromatic rings. The van der Waals surface area contributed by atoms with Crippen LogP contribution in [0, 0.1) is 6.92 Å². The highest BCUT2D eigenvalue weighted by molar-refractivity contribution is 5.98. The summed E-state index contributed by atoms with van der Waals surface area (Å²) in [5.41, 5.74) is 1.60. The van der Waals surface area contributed by atoms with Crippen molar-refractivity contribution >= 4 is 23.5 Å². The van der Waals surface area contributed by atoms with Crippen molar-refractivity contribution in [2.24, 2.45) is 0 Å². The van der Waals surface area contributed by atoms with Gasteiger partial charge in [0.25, 0.3) is 0 Å². The van der Waals surface area contributed by atoms with Crippen LogP contribution in [0.4, 0.5) is 11.6 Å². The predicted molar refractivity (Wildman–Crippen MR) is 107 cm³/mol. The van der Waals surface area contributed by atoms with E-state index in [9.17, 15) is 9.59 Å². The molecule has 8 heteroatoms. The Hall–Kier alpha value is -3.16. The summed E-state index contributed by atoms with van der Waals surface area (Å²) < 4.78 is 5.38. The lowest BCUT2D eigenvalue weighted by atomic mass is 10.2.